The van der Waals surface area contributed by atoms with Gasteiger partial charge in [0.1, 0.15) is 0 Å². The van der Waals surface area contributed by atoms with E-state index < -0.39 is 15.5 Å². The van der Waals surface area contributed by atoms with E-state index >= 15 is 0 Å². The van der Waals surface area contributed by atoms with E-state index in [0.29, 0.717) is 0 Å². The summed E-state index contributed by atoms with van der Waals surface area (Å²) < 4.78 is 0. The number of hydrogen-bond donors (Lipinski definition) is 0. The number of halogens is 1. The van der Waals surface area contributed by atoms with Gasteiger partial charge in [0.25, 0.3) is 0 Å². The molecular weight excluding hydrogens is 380 g/mol. The van der Waals surface area contributed by atoms with Crippen LogP contribution in [-0.2, 0) is 0 Å². The molecule has 0 heterocycles. The van der Waals surface area contributed by atoms with Gasteiger partial charge in [-0.1, -0.05) is 97.1 Å². The van der Waals surface area contributed by atoms with Crippen molar-refractivity contribution < 1.29 is 0 Å². The summed E-state index contributed by atoms with van der Waals surface area (Å²) in [5.41, 5.74) is 3.89. The second-order valence-corrected chi connectivity index (χ2v) is 18.4. The quantitative estimate of drug-likeness (QED) is 0.341. The molecular formula is C24H29ClSi2. The third-order valence-electron chi connectivity index (χ3n) is 5.34. The molecule has 0 saturated carbocycles. The van der Waals surface area contributed by atoms with Crippen LogP contribution in [0.2, 0.25) is 19.6 Å². The van der Waals surface area contributed by atoms with Gasteiger partial charge in [0.2, 0.25) is 7.38 Å². The molecule has 0 aromatic heterocycles. The number of aryl methyl sites for hydroxylation is 3. The summed E-state index contributed by atoms with van der Waals surface area (Å²) in [5.74, 6) is 0. The summed E-state index contributed by atoms with van der Waals surface area (Å²) >= 11 is 7.77. The minimum absolute atomic E-state index is 1.26. The Balaban J connectivity index is 2.39. The van der Waals surface area contributed by atoms with Crippen LogP contribution in [0.5, 0.6) is 0 Å². The van der Waals surface area contributed by atoms with Gasteiger partial charge in [0, 0.05) is 0 Å². The minimum Gasteiger partial charge on any atom is -0.149 e. The first-order valence-electron chi connectivity index (χ1n) is 9.58. The SMILES string of the molecule is Cc1cc([Si](C)(C)C)cc([Si](Cl)(c2ccccc2)c2c(C)cccc2C)c1. The lowest BCUT2D eigenvalue weighted by Crippen LogP contribution is -2.65. The highest BCUT2D eigenvalue weighted by Crippen LogP contribution is 2.17. The molecule has 0 aliphatic rings. The van der Waals surface area contributed by atoms with Crippen molar-refractivity contribution in [2.75, 3.05) is 0 Å². The first-order valence-corrected chi connectivity index (χ1v) is 16.1. The van der Waals surface area contributed by atoms with E-state index in [1.165, 1.54) is 37.4 Å². The zero-order valence-corrected chi connectivity index (χ0v) is 20.0. The third-order valence-corrected chi connectivity index (χ3v) is 12.9. The fourth-order valence-electron chi connectivity index (χ4n) is 3.90. The lowest BCUT2D eigenvalue weighted by Gasteiger charge is -2.31. The summed E-state index contributed by atoms with van der Waals surface area (Å²) in [5, 5.41) is 5.39. The van der Waals surface area contributed by atoms with Crippen molar-refractivity contribution in [3.8, 4) is 0 Å². The first-order chi connectivity index (χ1) is 12.6. The van der Waals surface area contributed by atoms with Gasteiger partial charge in [0.05, 0.1) is 8.07 Å². The van der Waals surface area contributed by atoms with Crippen molar-refractivity contribution in [3.05, 3.63) is 83.4 Å². The van der Waals surface area contributed by atoms with E-state index in [1.54, 1.807) is 0 Å². The van der Waals surface area contributed by atoms with Crippen molar-refractivity contribution in [2.45, 2.75) is 40.4 Å². The van der Waals surface area contributed by atoms with Crippen LogP contribution in [0.3, 0.4) is 0 Å². The molecule has 0 aliphatic heterocycles. The van der Waals surface area contributed by atoms with Crippen molar-refractivity contribution in [1.29, 1.82) is 0 Å². The van der Waals surface area contributed by atoms with Crippen LogP contribution < -0.4 is 20.7 Å². The average Bonchev–Trinajstić information content (AvgIpc) is 2.61. The van der Waals surface area contributed by atoms with Gasteiger partial charge < -0.3 is 0 Å². The van der Waals surface area contributed by atoms with Gasteiger partial charge in [-0.05, 0) is 47.5 Å². The molecule has 1 atom stereocenters. The maximum atomic E-state index is 7.77. The molecule has 0 fully saturated rings. The van der Waals surface area contributed by atoms with Crippen LogP contribution in [-0.4, -0.2) is 15.5 Å². The standard InChI is InChI=1S/C24H29ClSi2/c1-18-15-22(26(4,5)6)17-23(16-18)27(25,21-13-8-7-9-14-21)24-19(2)11-10-12-20(24)3/h7-17H,1-6H3. The smallest absolute Gasteiger partial charge is 0.149 e. The highest BCUT2D eigenvalue weighted by Gasteiger charge is 2.40. The van der Waals surface area contributed by atoms with Crippen molar-refractivity contribution in [3.63, 3.8) is 0 Å². The highest BCUT2D eigenvalue weighted by atomic mass is 35.6. The summed E-state index contributed by atoms with van der Waals surface area (Å²) in [7, 11) is -4.05. The lowest BCUT2D eigenvalue weighted by molar-refractivity contribution is 1.42. The molecule has 0 N–H and O–H groups in total. The van der Waals surface area contributed by atoms with Crippen LogP contribution in [0, 0.1) is 20.8 Å². The first kappa shape index (κ1) is 20.1. The summed E-state index contributed by atoms with van der Waals surface area (Å²) in [6.07, 6.45) is 0. The van der Waals surface area contributed by atoms with Crippen LogP contribution in [0.1, 0.15) is 16.7 Å². The Morgan fingerprint density at radius 1 is 0.630 bits per heavy atom. The number of benzene rings is 3. The Bertz CT molecular complexity index is 938. The van der Waals surface area contributed by atoms with Crippen LogP contribution in [0.15, 0.2) is 66.7 Å². The molecule has 0 bridgehead atoms. The maximum absolute atomic E-state index is 7.77. The normalized spacial score (nSPS) is 14.0. The minimum atomic E-state index is -2.61. The summed E-state index contributed by atoms with van der Waals surface area (Å²) in [6, 6.07) is 24.3. The fourth-order valence-corrected chi connectivity index (χ4v) is 10.5. The topological polar surface area (TPSA) is 0 Å². The molecule has 0 radical (unpaired) electrons. The number of hydrogen-bond acceptors (Lipinski definition) is 0. The molecule has 1 unspecified atom stereocenters. The third kappa shape index (κ3) is 3.84. The van der Waals surface area contributed by atoms with Gasteiger partial charge in [0.15, 0.2) is 0 Å². The Kier molecular flexibility index (Phi) is 5.53. The molecule has 27 heavy (non-hydrogen) atoms. The largest absolute Gasteiger partial charge is 0.248 e. The average molecular weight is 409 g/mol. The molecule has 3 aromatic rings. The van der Waals surface area contributed by atoms with Crippen molar-refractivity contribution >= 4 is 47.3 Å². The van der Waals surface area contributed by atoms with Crippen molar-refractivity contribution in [2.24, 2.45) is 0 Å². The Morgan fingerprint density at radius 2 is 1.19 bits per heavy atom. The van der Waals surface area contributed by atoms with E-state index in [9.17, 15) is 0 Å². The molecule has 3 heteroatoms. The van der Waals surface area contributed by atoms with Gasteiger partial charge >= 0.3 is 0 Å². The molecule has 0 aliphatic carbocycles. The van der Waals surface area contributed by atoms with E-state index in [2.05, 4.69) is 107 Å². The molecule has 0 saturated heterocycles. The summed E-state index contributed by atoms with van der Waals surface area (Å²) in [6.45, 7) is 13.8. The van der Waals surface area contributed by atoms with Crippen molar-refractivity contribution in [1.82, 2.24) is 0 Å². The Hall–Kier alpha value is -1.62. The van der Waals surface area contributed by atoms with E-state index in [-0.39, 0.29) is 0 Å². The molecule has 3 rings (SSSR count). The van der Waals surface area contributed by atoms with Gasteiger partial charge in [-0.2, -0.15) is 0 Å². The van der Waals surface area contributed by atoms with E-state index in [4.69, 9.17) is 11.1 Å². The molecule has 0 nitrogen and oxygen atoms in total. The molecule has 3 aromatic carbocycles. The molecule has 140 valence electrons. The van der Waals surface area contributed by atoms with Gasteiger partial charge in [-0.3, -0.25) is 0 Å². The predicted octanol–water partition coefficient (Wildman–Crippen LogP) is 4.36. The maximum Gasteiger partial charge on any atom is 0.248 e. The second kappa shape index (κ2) is 7.42. The van der Waals surface area contributed by atoms with Crippen LogP contribution >= 0.6 is 11.1 Å². The lowest BCUT2D eigenvalue weighted by atomic mass is 10.2. The van der Waals surface area contributed by atoms with Crippen LogP contribution in [0.25, 0.3) is 0 Å². The Morgan fingerprint density at radius 3 is 1.74 bits per heavy atom. The molecule has 0 amide bonds. The number of rotatable bonds is 4. The fraction of sp³-hybridized carbons (Fsp3) is 0.250. The zero-order chi connectivity index (χ0) is 19.8. The van der Waals surface area contributed by atoms with Gasteiger partial charge in [-0.15, -0.1) is 11.1 Å². The second-order valence-electron chi connectivity index (χ2n) is 8.63. The zero-order valence-electron chi connectivity index (χ0n) is 17.2. The van der Waals surface area contributed by atoms with E-state index in [1.807, 2.05) is 0 Å². The highest BCUT2D eigenvalue weighted by molar-refractivity contribution is 7.40. The van der Waals surface area contributed by atoms with E-state index in [0.717, 1.165) is 0 Å². The van der Waals surface area contributed by atoms with Gasteiger partial charge in [-0.25, -0.2) is 0 Å². The predicted molar refractivity (Wildman–Crippen MR) is 127 cm³/mol. The molecule has 0 spiro atoms. The Labute approximate surface area is 171 Å². The summed E-state index contributed by atoms with van der Waals surface area (Å²) in [4.78, 5) is 0. The monoisotopic (exact) mass is 408 g/mol. The van der Waals surface area contributed by atoms with Crippen LogP contribution in [0.4, 0.5) is 0 Å².